The Balaban J connectivity index is 1.34. The molecule has 8 nitrogen and oxygen atoms in total. The number of methoxy groups -OCH3 is 1. The number of aryl methyl sites for hydroxylation is 1. The van der Waals surface area contributed by atoms with E-state index in [4.69, 9.17) is 9.47 Å². The van der Waals surface area contributed by atoms with Crippen LogP contribution in [0.2, 0.25) is 0 Å². The van der Waals surface area contributed by atoms with Gasteiger partial charge >= 0.3 is 11.7 Å². The molecule has 0 aliphatic heterocycles. The molecule has 0 fully saturated rings. The van der Waals surface area contributed by atoms with Crippen molar-refractivity contribution in [2.75, 3.05) is 20.8 Å². The monoisotopic (exact) mass is 459 g/mol. The molecule has 0 saturated heterocycles. The number of likely N-dealkylation sites (N-methyl/N-ethyl adjacent to an activating group) is 1. The van der Waals surface area contributed by atoms with Crippen molar-refractivity contribution in [3.8, 4) is 11.4 Å². The predicted octanol–water partition coefficient (Wildman–Crippen LogP) is 3.45. The fourth-order valence-electron chi connectivity index (χ4n) is 3.70. The van der Waals surface area contributed by atoms with Crippen LogP contribution in [0.25, 0.3) is 16.5 Å². The van der Waals surface area contributed by atoms with Crippen LogP contribution in [0.5, 0.6) is 5.75 Å². The normalized spacial score (nSPS) is 10.8. The zero-order valence-corrected chi connectivity index (χ0v) is 19.2. The summed E-state index contributed by atoms with van der Waals surface area (Å²) < 4.78 is 12.0. The number of hydrogen-bond donors (Lipinski definition) is 1. The van der Waals surface area contributed by atoms with Crippen LogP contribution in [-0.4, -0.2) is 47.1 Å². The van der Waals surface area contributed by atoms with E-state index in [9.17, 15) is 14.4 Å². The number of hydrogen-bond acceptors (Lipinski definition) is 5. The standard InChI is InChI=1S/C26H25N3O5/c1-17-14-27-26(32)29(17)22-9-6-19(7-10-22)25(31)34-16-24(30)28(2)15-18-4-5-21-13-23(33-3)11-8-20(21)12-18/h4-14H,15-16H2,1-3H3,(H,27,32). The Labute approximate surface area is 196 Å². The number of rotatable bonds is 7. The van der Waals surface area contributed by atoms with Gasteiger partial charge in [-0.25, -0.2) is 9.59 Å². The summed E-state index contributed by atoms with van der Waals surface area (Å²) in [5.74, 6) is -0.127. The Morgan fingerprint density at radius 1 is 1.00 bits per heavy atom. The van der Waals surface area contributed by atoms with Crippen LogP contribution in [0.1, 0.15) is 21.6 Å². The average molecular weight is 460 g/mol. The van der Waals surface area contributed by atoms with Crippen molar-refractivity contribution in [1.82, 2.24) is 14.5 Å². The van der Waals surface area contributed by atoms with Crippen molar-refractivity contribution in [2.45, 2.75) is 13.5 Å². The summed E-state index contributed by atoms with van der Waals surface area (Å²) in [5.41, 5.74) is 2.38. The van der Waals surface area contributed by atoms with E-state index in [1.165, 1.54) is 9.47 Å². The molecule has 4 rings (SSSR count). The highest BCUT2D eigenvalue weighted by molar-refractivity contribution is 5.91. The van der Waals surface area contributed by atoms with Crippen LogP contribution in [0.4, 0.5) is 0 Å². The molecule has 0 aliphatic carbocycles. The minimum atomic E-state index is -0.605. The predicted molar refractivity (Wildman–Crippen MR) is 128 cm³/mol. The van der Waals surface area contributed by atoms with E-state index in [1.807, 2.05) is 36.4 Å². The molecule has 0 bridgehead atoms. The van der Waals surface area contributed by atoms with Crippen molar-refractivity contribution < 1.29 is 19.1 Å². The first-order chi connectivity index (χ1) is 16.4. The molecule has 1 N–H and O–H groups in total. The van der Waals surface area contributed by atoms with Gasteiger partial charge < -0.3 is 19.4 Å². The summed E-state index contributed by atoms with van der Waals surface area (Å²) >= 11 is 0. The third-order valence-electron chi connectivity index (χ3n) is 5.61. The van der Waals surface area contributed by atoms with Gasteiger partial charge in [0.05, 0.1) is 18.4 Å². The minimum Gasteiger partial charge on any atom is -0.497 e. The van der Waals surface area contributed by atoms with E-state index < -0.39 is 5.97 Å². The largest absolute Gasteiger partial charge is 0.497 e. The Hall–Kier alpha value is -4.33. The number of carbonyl (C=O) groups is 2. The van der Waals surface area contributed by atoms with E-state index in [0.717, 1.165) is 27.8 Å². The third-order valence-corrected chi connectivity index (χ3v) is 5.61. The van der Waals surface area contributed by atoms with Crippen LogP contribution in [-0.2, 0) is 16.1 Å². The Morgan fingerprint density at radius 2 is 1.71 bits per heavy atom. The summed E-state index contributed by atoms with van der Waals surface area (Å²) in [6.45, 7) is 1.83. The number of imidazole rings is 1. The number of amides is 1. The smallest absolute Gasteiger partial charge is 0.338 e. The number of aromatic nitrogens is 2. The first-order valence-electron chi connectivity index (χ1n) is 10.7. The first kappa shape index (κ1) is 22.8. The second kappa shape index (κ2) is 9.66. The molecule has 0 spiro atoms. The summed E-state index contributed by atoms with van der Waals surface area (Å²) in [6, 6.07) is 18.2. The van der Waals surface area contributed by atoms with Crippen molar-refractivity contribution in [3.05, 3.63) is 94.2 Å². The molecule has 0 atom stereocenters. The van der Waals surface area contributed by atoms with Gasteiger partial charge in [-0.1, -0.05) is 18.2 Å². The first-order valence-corrected chi connectivity index (χ1v) is 10.7. The number of carbonyl (C=O) groups excluding carboxylic acids is 2. The van der Waals surface area contributed by atoms with E-state index in [-0.39, 0.29) is 18.2 Å². The van der Waals surface area contributed by atoms with Crippen LogP contribution < -0.4 is 10.4 Å². The lowest BCUT2D eigenvalue weighted by molar-refractivity contribution is -0.133. The molecular formula is C26H25N3O5. The van der Waals surface area contributed by atoms with Gasteiger partial charge in [0.15, 0.2) is 6.61 Å². The number of benzene rings is 3. The Morgan fingerprint density at radius 3 is 2.38 bits per heavy atom. The third kappa shape index (κ3) is 4.85. The summed E-state index contributed by atoms with van der Waals surface area (Å²) in [4.78, 5) is 40.9. The molecule has 8 heteroatoms. The van der Waals surface area contributed by atoms with Crippen molar-refractivity contribution in [3.63, 3.8) is 0 Å². The summed E-state index contributed by atoms with van der Waals surface area (Å²) in [5, 5.41) is 2.10. The zero-order chi connectivity index (χ0) is 24.2. The minimum absolute atomic E-state index is 0.257. The fourth-order valence-corrected chi connectivity index (χ4v) is 3.70. The molecular weight excluding hydrogens is 434 g/mol. The average Bonchev–Trinajstić information content (AvgIpc) is 3.19. The number of esters is 1. The van der Waals surface area contributed by atoms with Crippen molar-refractivity contribution in [2.24, 2.45) is 0 Å². The SMILES string of the molecule is COc1ccc2cc(CN(C)C(=O)COC(=O)c3ccc(-n4c(C)c[nH]c4=O)cc3)ccc2c1. The highest BCUT2D eigenvalue weighted by Gasteiger charge is 2.15. The van der Waals surface area contributed by atoms with E-state index in [0.29, 0.717) is 17.8 Å². The number of nitrogens with one attached hydrogen (secondary N) is 1. The molecule has 0 saturated carbocycles. The topological polar surface area (TPSA) is 93.6 Å². The Bertz CT molecular complexity index is 1400. The molecule has 174 valence electrons. The number of ether oxygens (including phenoxy) is 2. The quantitative estimate of drug-likeness (QED) is 0.427. The van der Waals surface area contributed by atoms with Gasteiger partial charge in [0.1, 0.15) is 5.75 Å². The molecule has 3 aromatic carbocycles. The maximum Gasteiger partial charge on any atom is 0.338 e. The van der Waals surface area contributed by atoms with Crippen LogP contribution >= 0.6 is 0 Å². The van der Waals surface area contributed by atoms with Gasteiger partial charge in [-0.3, -0.25) is 9.36 Å². The molecule has 34 heavy (non-hydrogen) atoms. The molecule has 1 amide bonds. The molecule has 0 aliphatic rings. The second-order valence-electron chi connectivity index (χ2n) is 7.99. The van der Waals surface area contributed by atoms with E-state index in [1.54, 1.807) is 51.5 Å². The van der Waals surface area contributed by atoms with Crippen LogP contribution in [0, 0.1) is 6.92 Å². The molecule has 4 aromatic rings. The molecule has 0 unspecified atom stereocenters. The number of H-pyrrole nitrogens is 1. The zero-order valence-electron chi connectivity index (χ0n) is 19.2. The molecule has 1 aromatic heterocycles. The number of fused-ring (bicyclic) bond motifs is 1. The summed E-state index contributed by atoms with van der Waals surface area (Å²) in [7, 11) is 3.30. The summed E-state index contributed by atoms with van der Waals surface area (Å²) in [6.07, 6.45) is 1.61. The van der Waals surface area contributed by atoms with Gasteiger partial charge in [0, 0.05) is 25.5 Å². The lowest BCUT2D eigenvalue weighted by atomic mass is 10.1. The number of nitrogens with zero attached hydrogens (tertiary/aromatic N) is 2. The Kier molecular flexibility index (Phi) is 6.49. The van der Waals surface area contributed by atoms with Gasteiger partial charge in [-0.15, -0.1) is 0 Å². The lowest BCUT2D eigenvalue weighted by Gasteiger charge is -2.17. The van der Waals surface area contributed by atoms with E-state index in [2.05, 4.69) is 4.98 Å². The van der Waals surface area contributed by atoms with Crippen LogP contribution in [0.3, 0.4) is 0 Å². The van der Waals surface area contributed by atoms with Gasteiger partial charge in [-0.2, -0.15) is 0 Å². The van der Waals surface area contributed by atoms with Gasteiger partial charge in [0.2, 0.25) is 0 Å². The van der Waals surface area contributed by atoms with E-state index >= 15 is 0 Å². The maximum absolute atomic E-state index is 12.5. The van der Waals surface area contributed by atoms with Crippen LogP contribution in [0.15, 0.2) is 71.7 Å². The van der Waals surface area contributed by atoms with Crippen molar-refractivity contribution >= 4 is 22.6 Å². The second-order valence-corrected chi connectivity index (χ2v) is 7.99. The highest BCUT2D eigenvalue weighted by atomic mass is 16.5. The van der Waals surface area contributed by atoms with Gasteiger partial charge in [-0.05, 0) is 65.7 Å². The maximum atomic E-state index is 12.5. The lowest BCUT2D eigenvalue weighted by Crippen LogP contribution is -2.30. The fraction of sp³-hybridized carbons (Fsp3) is 0.192. The highest BCUT2D eigenvalue weighted by Crippen LogP contribution is 2.22. The molecule has 0 radical (unpaired) electrons. The number of aromatic amines is 1. The molecule has 1 heterocycles. The van der Waals surface area contributed by atoms with Gasteiger partial charge in [0.25, 0.3) is 5.91 Å². The van der Waals surface area contributed by atoms with Crippen molar-refractivity contribution in [1.29, 1.82) is 0 Å².